The van der Waals surface area contributed by atoms with E-state index in [4.69, 9.17) is 5.11 Å². The lowest BCUT2D eigenvalue weighted by Gasteiger charge is -2.09. The van der Waals surface area contributed by atoms with E-state index in [2.05, 4.69) is 20.6 Å². The molecule has 0 amide bonds. The Morgan fingerprint density at radius 1 is 1.11 bits per heavy atom. The first-order valence-electron chi connectivity index (χ1n) is 6.70. The molecule has 0 radical (unpaired) electrons. The number of anilines is 2. The van der Waals surface area contributed by atoms with E-state index in [1.165, 1.54) is 0 Å². The van der Waals surface area contributed by atoms with Gasteiger partial charge in [-0.3, -0.25) is 0 Å². The first kappa shape index (κ1) is 14.7. The second-order valence-electron chi connectivity index (χ2n) is 4.22. The van der Waals surface area contributed by atoms with Crippen molar-refractivity contribution in [3.8, 4) is 0 Å². The maximum atomic E-state index is 8.68. The number of hydrogen-bond acceptors (Lipinski definition) is 5. The van der Waals surface area contributed by atoms with Crippen LogP contribution in [0.25, 0.3) is 0 Å². The molecule has 0 saturated heterocycles. The summed E-state index contributed by atoms with van der Waals surface area (Å²) in [6.07, 6.45) is 5.06. The van der Waals surface area contributed by atoms with E-state index in [0.717, 1.165) is 56.1 Å². The lowest BCUT2D eigenvalue weighted by atomic mass is 10.2. The summed E-state index contributed by atoms with van der Waals surface area (Å²) < 4.78 is 0. The van der Waals surface area contributed by atoms with Crippen LogP contribution in [0.2, 0.25) is 0 Å². The van der Waals surface area contributed by atoms with Crippen LogP contribution in [0.1, 0.15) is 38.4 Å². The van der Waals surface area contributed by atoms with Gasteiger partial charge in [0.25, 0.3) is 0 Å². The average Bonchev–Trinajstić information content (AvgIpc) is 2.42. The number of aromatic nitrogens is 2. The van der Waals surface area contributed by atoms with E-state index in [9.17, 15) is 0 Å². The SMILES string of the molecule is CCc1nc(NC)cc(NCCCCCCO)n1. The van der Waals surface area contributed by atoms with Gasteiger partial charge in [0.05, 0.1) is 0 Å². The van der Waals surface area contributed by atoms with Crippen molar-refractivity contribution in [1.82, 2.24) is 9.97 Å². The number of nitrogens with one attached hydrogen (secondary N) is 2. The van der Waals surface area contributed by atoms with E-state index >= 15 is 0 Å². The topological polar surface area (TPSA) is 70.1 Å². The molecule has 0 aromatic carbocycles. The molecule has 0 aliphatic rings. The van der Waals surface area contributed by atoms with Crippen molar-refractivity contribution in [1.29, 1.82) is 0 Å². The number of nitrogens with zero attached hydrogens (tertiary/aromatic N) is 2. The van der Waals surface area contributed by atoms with Gasteiger partial charge >= 0.3 is 0 Å². The van der Waals surface area contributed by atoms with Crippen LogP contribution in [-0.2, 0) is 6.42 Å². The van der Waals surface area contributed by atoms with Crippen LogP contribution in [0.15, 0.2) is 6.07 Å². The Kier molecular flexibility index (Phi) is 7.10. The molecular formula is C13H24N4O. The molecule has 5 nitrogen and oxygen atoms in total. The number of aliphatic hydroxyl groups is 1. The highest BCUT2D eigenvalue weighted by Crippen LogP contribution is 2.11. The van der Waals surface area contributed by atoms with Gasteiger partial charge < -0.3 is 15.7 Å². The maximum absolute atomic E-state index is 8.68. The molecule has 1 aromatic rings. The lowest BCUT2D eigenvalue weighted by molar-refractivity contribution is 0.283. The second kappa shape index (κ2) is 8.69. The minimum absolute atomic E-state index is 0.296. The summed E-state index contributed by atoms with van der Waals surface area (Å²) in [7, 11) is 1.86. The van der Waals surface area contributed by atoms with Crippen molar-refractivity contribution in [2.45, 2.75) is 39.0 Å². The normalized spacial score (nSPS) is 10.4. The first-order chi connectivity index (χ1) is 8.80. The summed E-state index contributed by atoms with van der Waals surface area (Å²) in [4.78, 5) is 8.78. The Bertz CT molecular complexity index is 322. The third kappa shape index (κ3) is 5.31. The molecule has 0 aliphatic carbocycles. The molecule has 5 heteroatoms. The molecule has 1 rings (SSSR count). The molecule has 18 heavy (non-hydrogen) atoms. The minimum Gasteiger partial charge on any atom is -0.396 e. The maximum Gasteiger partial charge on any atom is 0.132 e. The van der Waals surface area contributed by atoms with Crippen molar-refractivity contribution >= 4 is 11.6 Å². The molecule has 0 aliphatic heterocycles. The summed E-state index contributed by atoms with van der Waals surface area (Å²) in [5, 5.41) is 15.0. The fourth-order valence-corrected chi connectivity index (χ4v) is 1.68. The molecule has 0 atom stereocenters. The predicted molar refractivity (Wildman–Crippen MR) is 75.0 cm³/mol. The molecule has 0 spiro atoms. The monoisotopic (exact) mass is 252 g/mol. The molecule has 1 aromatic heterocycles. The largest absolute Gasteiger partial charge is 0.396 e. The predicted octanol–water partition coefficient (Wildman–Crippen LogP) is 2.05. The van der Waals surface area contributed by atoms with E-state index in [1.54, 1.807) is 0 Å². The molecule has 0 saturated carbocycles. The zero-order valence-corrected chi connectivity index (χ0v) is 11.4. The summed E-state index contributed by atoms with van der Waals surface area (Å²) in [5.74, 6) is 2.59. The Morgan fingerprint density at radius 3 is 2.50 bits per heavy atom. The van der Waals surface area contributed by atoms with Crippen LogP contribution in [0, 0.1) is 0 Å². The standard InChI is InChI=1S/C13H24N4O/c1-3-11-16-12(14-2)10-13(17-11)15-8-6-4-5-7-9-18/h10,18H,3-9H2,1-2H3,(H2,14,15,16,17). The van der Waals surface area contributed by atoms with Gasteiger partial charge in [-0.15, -0.1) is 0 Å². The molecular weight excluding hydrogens is 228 g/mol. The van der Waals surface area contributed by atoms with Crippen molar-refractivity contribution in [2.24, 2.45) is 0 Å². The smallest absolute Gasteiger partial charge is 0.132 e. The van der Waals surface area contributed by atoms with Gasteiger partial charge in [-0.25, -0.2) is 9.97 Å². The fraction of sp³-hybridized carbons (Fsp3) is 0.692. The van der Waals surface area contributed by atoms with Gasteiger partial charge in [0.2, 0.25) is 0 Å². The van der Waals surface area contributed by atoms with E-state index in [-0.39, 0.29) is 0 Å². The lowest BCUT2D eigenvalue weighted by Crippen LogP contribution is -2.07. The van der Waals surface area contributed by atoms with Gasteiger partial charge in [0, 0.05) is 32.7 Å². The van der Waals surface area contributed by atoms with Crippen molar-refractivity contribution in [3.05, 3.63) is 11.9 Å². The quantitative estimate of drug-likeness (QED) is 0.587. The summed E-state index contributed by atoms with van der Waals surface area (Å²) >= 11 is 0. The number of unbranched alkanes of at least 4 members (excludes halogenated alkanes) is 3. The van der Waals surface area contributed by atoms with Gasteiger partial charge in [-0.05, 0) is 12.8 Å². The molecule has 0 bridgehead atoms. The Balaban J connectivity index is 2.36. The highest BCUT2D eigenvalue weighted by atomic mass is 16.2. The molecule has 0 unspecified atom stereocenters. The molecule has 1 heterocycles. The third-order valence-electron chi connectivity index (χ3n) is 2.74. The van der Waals surface area contributed by atoms with Crippen molar-refractivity contribution < 1.29 is 5.11 Å². The zero-order chi connectivity index (χ0) is 13.2. The van der Waals surface area contributed by atoms with E-state index in [1.807, 2.05) is 20.0 Å². The first-order valence-corrected chi connectivity index (χ1v) is 6.70. The Morgan fingerprint density at radius 2 is 1.83 bits per heavy atom. The van der Waals surface area contributed by atoms with Crippen LogP contribution in [-0.4, -0.2) is 35.3 Å². The van der Waals surface area contributed by atoms with Crippen molar-refractivity contribution in [3.63, 3.8) is 0 Å². The molecule has 3 N–H and O–H groups in total. The number of aliphatic hydroxyl groups excluding tert-OH is 1. The van der Waals surface area contributed by atoms with Crippen LogP contribution in [0.3, 0.4) is 0 Å². The summed E-state index contributed by atoms with van der Waals surface area (Å²) in [6.45, 7) is 3.26. The zero-order valence-electron chi connectivity index (χ0n) is 11.4. The molecule has 102 valence electrons. The van der Waals surface area contributed by atoms with Crippen molar-refractivity contribution in [2.75, 3.05) is 30.8 Å². The number of hydrogen-bond donors (Lipinski definition) is 3. The molecule has 0 fully saturated rings. The van der Waals surface area contributed by atoms with E-state index in [0.29, 0.717) is 6.61 Å². The van der Waals surface area contributed by atoms with Crippen LogP contribution < -0.4 is 10.6 Å². The van der Waals surface area contributed by atoms with E-state index < -0.39 is 0 Å². The average molecular weight is 252 g/mol. The number of aryl methyl sites for hydroxylation is 1. The minimum atomic E-state index is 0.296. The van der Waals surface area contributed by atoms with Gasteiger partial charge in [0.15, 0.2) is 0 Å². The third-order valence-corrected chi connectivity index (χ3v) is 2.74. The van der Waals surface area contributed by atoms with Gasteiger partial charge in [-0.2, -0.15) is 0 Å². The number of rotatable bonds is 9. The highest BCUT2D eigenvalue weighted by Gasteiger charge is 2.01. The van der Waals surface area contributed by atoms with Crippen LogP contribution in [0.4, 0.5) is 11.6 Å². The van der Waals surface area contributed by atoms with Crippen LogP contribution in [0.5, 0.6) is 0 Å². The highest BCUT2D eigenvalue weighted by molar-refractivity contribution is 5.47. The summed E-state index contributed by atoms with van der Waals surface area (Å²) in [5.41, 5.74) is 0. The fourth-order valence-electron chi connectivity index (χ4n) is 1.68. The van der Waals surface area contributed by atoms with Crippen LogP contribution >= 0.6 is 0 Å². The van der Waals surface area contributed by atoms with Gasteiger partial charge in [-0.1, -0.05) is 19.8 Å². The second-order valence-corrected chi connectivity index (χ2v) is 4.22. The Labute approximate surface area is 109 Å². The van der Waals surface area contributed by atoms with Gasteiger partial charge in [0.1, 0.15) is 17.5 Å². The summed E-state index contributed by atoms with van der Waals surface area (Å²) in [6, 6.07) is 1.92. The Hall–Kier alpha value is -1.36.